The van der Waals surface area contributed by atoms with Crippen LogP contribution in [0.2, 0.25) is 0 Å². The molecule has 20 heavy (non-hydrogen) atoms. The van der Waals surface area contributed by atoms with Gasteiger partial charge in [0.2, 0.25) is 0 Å². The number of hydrogen-bond acceptors (Lipinski definition) is 5. The van der Waals surface area contributed by atoms with Crippen molar-refractivity contribution in [3.63, 3.8) is 0 Å². The number of oxazole rings is 1. The number of carbonyl (C=O) groups excluding carboxylic acids is 1. The monoisotopic (exact) mass is 268 g/mol. The first-order valence-corrected chi connectivity index (χ1v) is 6.02. The van der Waals surface area contributed by atoms with Gasteiger partial charge in [0.15, 0.2) is 11.5 Å². The molecule has 1 amide bonds. The second kappa shape index (κ2) is 4.65. The number of hydrogen-bond donors (Lipinski definition) is 2. The van der Waals surface area contributed by atoms with E-state index in [1.807, 2.05) is 0 Å². The normalized spacial score (nSPS) is 10.7. The number of benzene rings is 1. The summed E-state index contributed by atoms with van der Waals surface area (Å²) in [7, 11) is 0. The summed E-state index contributed by atoms with van der Waals surface area (Å²) >= 11 is 0. The second-order valence-corrected chi connectivity index (χ2v) is 4.35. The number of pyridine rings is 1. The fourth-order valence-corrected chi connectivity index (χ4v) is 1.85. The molecule has 1 aromatic carbocycles. The van der Waals surface area contributed by atoms with E-state index in [1.54, 1.807) is 37.3 Å². The molecule has 3 aromatic rings. The van der Waals surface area contributed by atoms with Crippen LogP contribution < -0.4 is 11.1 Å². The van der Waals surface area contributed by atoms with Crippen LogP contribution in [-0.4, -0.2) is 15.9 Å². The Kier molecular flexibility index (Phi) is 2.83. The highest BCUT2D eigenvalue weighted by molar-refractivity contribution is 6.05. The topological polar surface area (TPSA) is 94.0 Å². The first-order valence-electron chi connectivity index (χ1n) is 6.02. The zero-order valence-electron chi connectivity index (χ0n) is 10.8. The van der Waals surface area contributed by atoms with Crippen molar-refractivity contribution in [2.24, 2.45) is 0 Å². The molecule has 0 saturated carbocycles. The lowest BCUT2D eigenvalue weighted by molar-refractivity contribution is 0.102. The van der Waals surface area contributed by atoms with E-state index in [9.17, 15) is 4.79 Å². The van der Waals surface area contributed by atoms with Gasteiger partial charge in [0, 0.05) is 12.5 Å². The molecule has 6 nitrogen and oxygen atoms in total. The zero-order chi connectivity index (χ0) is 14.1. The van der Waals surface area contributed by atoms with E-state index >= 15 is 0 Å². The molecule has 0 fully saturated rings. The molecule has 0 bridgehead atoms. The largest absolute Gasteiger partial charge is 0.441 e. The Balaban J connectivity index is 1.86. The molecule has 0 aliphatic carbocycles. The van der Waals surface area contributed by atoms with Crippen molar-refractivity contribution in [3.05, 3.63) is 48.0 Å². The molecule has 2 heterocycles. The number of rotatable bonds is 2. The summed E-state index contributed by atoms with van der Waals surface area (Å²) in [5.74, 6) is 0.753. The van der Waals surface area contributed by atoms with Crippen LogP contribution in [0.25, 0.3) is 11.1 Å². The van der Waals surface area contributed by atoms with Gasteiger partial charge in [-0.05, 0) is 30.3 Å². The highest BCUT2D eigenvalue weighted by Gasteiger charge is 2.10. The molecule has 0 atom stereocenters. The number of amides is 1. The van der Waals surface area contributed by atoms with Gasteiger partial charge in [-0.3, -0.25) is 4.79 Å². The van der Waals surface area contributed by atoms with Crippen LogP contribution in [0.4, 0.5) is 11.5 Å². The first-order chi connectivity index (χ1) is 9.61. The zero-order valence-corrected chi connectivity index (χ0v) is 10.8. The molecular formula is C14H12N4O2. The Morgan fingerprint density at radius 1 is 1.30 bits per heavy atom. The lowest BCUT2D eigenvalue weighted by Crippen LogP contribution is -2.12. The molecule has 0 spiro atoms. The lowest BCUT2D eigenvalue weighted by atomic mass is 10.2. The number of nitrogens with zero attached hydrogens (tertiary/aromatic N) is 2. The first kappa shape index (κ1) is 12.2. The Morgan fingerprint density at radius 2 is 2.15 bits per heavy atom. The Labute approximate surface area is 114 Å². The van der Waals surface area contributed by atoms with E-state index in [2.05, 4.69) is 15.3 Å². The maximum atomic E-state index is 12.1. The van der Waals surface area contributed by atoms with Gasteiger partial charge in [-0.15, -0.1) is 0 Å². The molecule has 100 valence electrons. The third-order valence-corrected chi connectivity index (χ3v) is 2.78. The van der Waals surface area contributed by atoms with Gasteiger partial charge in [-0.2, -0.15) is 0 Å². The van der Waals surface area contributed by atoms with Crippen molar-refractivity contribution in [2.75, 3.05) is 11.1 Å². The van der Waals surface area contributed by atoms with Crippen LogP contribution in [0.5, 0.6) is 0 Å². The van der Waals surface area contributed by atoms with Crippen LogP contribution >= 0.6 is 0 Å². The third kappa shape index (κ3) is 2.31. The number of nitrogen functional groups attached to an aromatic ring is 1. The Hall–Kier alpha value is -2.89. The van der Waals surface area contributed by atoms with E-state index in [-0.39, 0.29) is 5.91 Å². The summed E-state index contributed by atoms with van der Waals surface area (Å²) in [4.78, 5) is 20.3. The fraction of sp³-hybridized carbons (Fsp3) is 0.0714. The number of nitrogens with one attached hydrogen (secondary N) is 1. The SMILES string of the molecule is Cc1nc2cc(C(=O)Nc3ccc(N)cn3)ccc2o1. The average molecular weight is 268 g/mol. The molecule has 3 N–H and O–H groups in total. The van der Waals surface area contributed by atoms with E-state index in [0.29, 0.717) is 34.1 Å². The number of carbonyl (C=O) groups is 1. The Bertz CT molecular complexity index is 777. The molecule has 0 radical (unpaired) electrons. The van der Waals surface area contributed by atoms with Crippen molar-refractivity contribution < 1.29 is 9.21 Å². The molecule has 0 aliphatic heterocycles. The molecule has 0 aliphatic rings. The van der Waals surface area contributed by atoms with Crippen molar-refractivity contribution in [3.8, 4) is 0 Å². The Morgan fingerprint density at radius 3 is 2.90 bits per heavy atom. The quantitative estimate of drug-likeness (QED) is 0.744. The molecular weight excluding hydrogens is 256 g/mol. The van der Waals surface area contributed by atoms with E-state index in [4.69, 9.17) is 10.2 Å². The van der Waals surface area contributed by atoms with E-state index in [0.717, 1.165) is 0 Å². The van der Waals surface area contributed by atoms with Crippen LogP contribution in [0.1, 0.15) is 16.2 Å². The number of aryl methyl sites for hydroxylation is 1. The average Bonchev–Trinajstić information content (AvgIpc) is 2.80. The van der Waals surface area contributed by atoms with E-state index in [1.165, 1.54) is 6.20 Å². The van der Waals surface area contributed by atoms with Crippen molar-refractivity contribution in [1.29, 1.82) is 0 Å². The number of anilines is 2. The summed E-state index contributed by atoms with van der Waals surface area (Å²) in [6, 6.07) is 8.40. The summed E-state index contributed by atoms with van der Waals surface area (Å²) in [5.41, 5.74) is 7.88. The predicted octanol–water partition coefficient (Wildman–Crippen LogP) is 2.37. The minimum absolute atomic E-state index is 0.259. The number of fused-ring (bicyclic) bond motifs is 1. The maximum absolute atomic E-state index is 12.1. The van der Waals surface area contributed by atoms with Crippen molar-refractivity contribution >= 4 is 28.5 Å². The highest BCUT2D eigenvalue weighted by atomic mass is 16.3. The summed E-state index contributed by atoms with van der Waals surface area (Å²) in [6.07, 6.45) is 1.49. The summed E-state index contributed by atoms with van der Waals surface area (Å²) in [6.45, 7) is 1.76. The van der Waals surface area contributed by atoms with Gasteiger partial charge >= 0.3 is 0 Å². The van der Waals surface area contributed by atoms with Gasteiger partial charge in [0.05, 0.1) is 11.9 Å². The summed E-state index contributed by atoms with van der Waals surface area (Å²) < 4.78 is 5.37. The molecule has 0 unspecified atom stereocenters. The van der Waals surface area contributed by atoms with Crippen LogP contribution in [-0.2, 0) is 0 Å². The van der Waals surface area contributed by atoms with Crippen LogP contribution in [0.15, 0.2) is 40.9 Å². The minimum Gasteiger partial charge on any atom is -0.441 e. The third-order valence-electron chi connectivity index (χ3n) is 2.78. The number of aromatic nitrogens is 2. The fourth-order valence-electron chi connectivity index (χ4n) is 1.85. The molecule has 2 aromatic heterocycles. The van der Waals surface area contributed by atoms with Crippen LogP contribution in [0.3, 0.4) is 0 Å². The predicted molar refractivity (Wildman–Crippen MR) is 75.3 cm³/mol. The van der Waals surface area contributed by atoms with Crippen molar-refractivity contribution in [2.45, 2.75) is 6.92 Å². The van der Waals surface area contributed by atoms with E-state index < -0.39 is 0 Å². The minimum atomic E-state index is -0.259. The molecule has 3 rings (SSSR count). The smallest absolute Gasteiger partial charge is 0.256 e. The van der Waals surface area contributed by atoms with Gasteiger partial charge in [-0.1, -0.05) is 0 Å². The lowest BCUT2D eigenvalue weighted by Gasteiger charge is -2.04. The molecule has 0 saturated heterocycles. The van der Waals surface area contributed by atoms with Gasteiger partial charge in [-0.25, -0.2) is 9.97 Å². The number of nitrogens with two attached hydrogens (primary N) is 1. The second-order valence-electron chi connectivity index (χ2n) is 4.35. The maximum Gasteiger partial charge on any atom is 0.256 e. The van der Waals surface area contributed by atoms with Gasteiger partial charge in [0.1, 0.15) is 11.3 Å². The summed E-state index contributed by atoms with van der Waals surface area (Å²) in [5, 5.41) is 2.69. The van der Waals surface area contributed by atoms with Crippen molar-refractivity contribution in [1.82, 2.24) is 9.97 Å². The highest BCUT2D eigenvalue weighted by Crippen LogP contribution is 2.17. The molecule has 6 heteroatoms. The van der Waals surface area contributed by atoms with Gasteiger partial charge in [0.25, 0.3) is 5.91 Å². The standard InChI is InChI=1S/C14H12N4O2/c1-8-17-11-6-9(2-4-12(11)20-8)14(19)18-13-5-3-10(15)7-16-13/h2-7H,15H2,1H3,(H,16,18,19). The van der Waals surface area contributed by atoms with Gasteiger partial charge < -0.3 is 15.5 Å². The van der Waals surface area contributed by atoms with Crippen LogP contribution in [0, 0.1) is 6.92 Å².